The van der Waals surface area contributed by atoms with Gasteiger partial charge in [0, 0.05) is 18.2 Å². The molecule has 1 atom stereocenters. The van der Waals surface area contributed by atoms with Crippen LogP contribution in [0.15, 0.2) is 85.1 Å². The number of para-hydroxylation sites is 1. The van der Waals surface area contributed by atoms with Crippen molar-refractivity contribution >= 4 is 22.8 Å². The Labute approximate surface area is 202 Å². The van der Waals surface area contributed by atoms with Gasteiger partial charge in [0.05, 0.1) is 16.4 Å². The minimum atomic E-state index is -0.563. The number of benzene rings is 3. The largest absolute Gasteiger partial charge is 0.457 e. The fourth-order valence-corrected chi connectivity index (χ4v) is 5.45. The molecular weight excluding hydrogens is 436 g/mol. The Morgan fingerprint density at radius 3 is 2.60 bits per heavy atom. The monoisotopic (exact) mass is 458 g/mol. The first-order chi connectivity index (χ1) is 17.2. The van der Waals surface area contributed by atoms with Crippen LogP contribution >= 0.6 is 0 Å². The second-order valence-corrected chi connectivity index (χ2v) is 9.35. The SMILES string of the molecule is O=C1Nc2ncccc2C12Cc1cc3nc(Cc4cccc(Oc5ccccc5)c4)[nH]c3cc1C2. The predicted octanol–water partition coefficient (Wildman–Crippen LogP) is 5.33. The number of pyridine rings is 1. The van der Waals surface area contributed by atoms with E-state index in [0.717, 1.165) is 39.5 Å². The molecule has 0 bridgehead atoms. The number of imidazole rings is 1. The molecule has 3 aromatic carbocycles. The number of hydrogen-bond acceptors (Lipinski definition) is 4. The Bertz CT molecular complexity index is 1560. The van der Waals surface area contributed by atoms with Gasteiger partial charge in [0.1, 0.15) is 23.1 Å². The van der Waals surface area contributed by atoms with Crippen molar-refractivity contribution in [3.63, 3.8) is 0 Å². The molecule has 2 aromatic heterocycles. The standard InChI is InChI=1S/C29H22N4O2/c34-28-29(23-10-5-11-30-27(23)33-28)16-19-14-24-25(15-20(19)17-29)32-26(31-24)13-18-6-4-9-22(12-18)35-21-7-2-1-3-8-21/h1-12,14-15H,13,16-17H2,(H,31,32)(H,30,33,34). The van der Waals surface area contributed by atoms with Crippen molar-refractivity contribution in [3.05, 3.63) is 113 Å². The Morgan fingerprint density at radius 1 is 0.886 bits per heavy atom. The van der Waals surface area contributed by atoms with Gasteiger partial charge in [-0.05, 0) is 72.0 Å². The minimum Gasteiger partial charge on any atom is -0.457 e. The van der Waals surface area contributed by atoms with Crippen LogP contribution in [-0.4, -0.2) is 20.9 Å². The summed E-state index contributed by atoms with van der Waals surface area (Å²) in [5, 5.41) is 2.97. The van der Waals surface area contributed by atoms with Crippen LogP contribution in [0.1, 0.15) is 28.1 Å². The molecule has 6 heteroatoms. The fraction of sp³-hybridized carbons (Fsp3) is 0.138. The van der Waals surface area contributed by atoms with E-state index in [0.29, 0.717) is 25.1 Å². The van der Waals surface area contributed by atoms with Gasteiger partial charge in [0.2, 0.25) is 5.91 Å². The van der Waals surface area contributed by atoms with E-state index in [1.165, 1.54) is 11.1 Å². The first kappa shape index (κ1) is 20.0. The van der Waals surface area contributed by atoms with Crippen LogP contribution in [0, 0.1) is 0 Å². The summed E-state index contributed by atoms with van der Waals surface area (Å²) < 4.78 is 5.98. The maximum Gasteiger partial charge on any atom is 0.237 e. The van der Waals surface area contributed by atoms with Crippen molar-refractivity contribution in [2.24, 2.45) is 0 Å². The number of amides is 1. The van der Waals surface area contributed by atoms with Crippen LogP contribution in [0.25, 0.3) is 11.0 Å². The molecule has 170 valence electrons. The van der Waals surface area contributed by atoms with Crippen molar-refractivity contribution < 1.29 is 9.53 Å². The van der Waals surface area contributed by atoms with Gasteiger partial charge >= 0.3 is 0 Å². The molecule has 0 saturated carbocycles. The molecule has 3 heterocycles. The van der Waals surface area contributed by atoms with Crippen LogP contribution in [-0.2, 0) is 29.5 Å². The van der Waals surface area contributed by atoms with Gasteiger partial charge in [-0.1, -0.05) is 36.4 Å². The normalized spacial score (nSPS) is 15.3. The molecule has 35 heavy (non-hydrogen) atoms. The number of nitrogens with one attached hydrogen (secondary N) is 2. The van der Waals surface area contributed by atoms with Crippen LogP contribution in [0.2, 0.25) is 0 Å². The van der Waals surface area contributed by atoms with E-state index in [1.54, 1.807) is 6.20 Å². The first-order valence-corrected chi connectivity index (χ1v) is 11.8. The lowest BCUT2D eigenvalue weighted by Crippen LogP contribution is -2.35. The molecule has 2 N–H and O–H groups in total. The number of carbonyl (C=O) groups is 1. The highest BCUT2D eigenvalue weighted by Crippen LogP contribution is 2.47. The number of carbonyl (C=O) groups excluding carboxylic acids is 1. The summed E-state index contributed by atoms with van der Waals surface area (Å²) in [4.78, 5) is 25.7. The van der Waals surface area contributed by atoms with Crippen molar-refractivity contribution in [3.8, 4) is 11.5 Å². The number of fused-ring (bicyclic) bond motifs is 4. The molecule has 0 saturated heterocycles. The third-order valence-electron chi connectivity index (χ3n) is 7.08. The topological polar surface area (TPSA) is 79.9 Å². The van der Waals surface area contributed by atoms with Crippen molar-refractivity contribution in [2.45, 2.75) is 24.7 Å². The number of aromatic amines is 1. The highest BCUT2D eigenvalue weighted by atomic mass is 16.5. The van der Waals surface area contributed by atoms with Gasteiger partial charge in [-0.2, -0.15) is 0 Å². The Hall–Kier alpha value is -4.45. The van der Waals surface area contributed by atoms with E-state index in [4.69, 9.17) is 9.72 Å². The molecule has 2 aliphatic rings. The van der Waals surface area contributed by atoms with Gasteiger partial charge in [-0.25, -0.2) is 9.97 Å². The van der Waals surface area contributed by atoms with Gasteiger partial charge in [0.25, 0.3) is 0 Å². The third kappa shape index (κ3) is 3.29. The zero-order chi connectivity index (χ0) is 23.4. The Balaban J connectivity index is 1.15. The second-order valence-electron chi connectivity index (χ2n) is 9.35. The van der Waals surface area contributed by atoms with E-state index in [2.05, 4.69) is 33.5 Å². The molecule has 6 nitrogen and oxygen atoms in total. The average Bonchev–Trinajstić information content (AvgIpc) is 3.51. The average molecular weight is 459 g/mol. The smallest absolute Gasteiger partial charge is 0.237 e. The summed E-state index contributed by atoms with van der Waals surface area (Å²) in [6.45, 7) is 0. The molecule has 1 spiro atoms. The van der Waals surface area contributed by atoms with Crippen molar-refractivity contribution in [1.82, 2.24) is 15.0 Å². The molecular formula is C29H22N4O2. The number of H-pyrrole nitrogens is 1. The third-order valence-corrected chi connectivity index (χ3v) is 7.08. The van der Waals surface area contributed by atoms with Crippen LogP contribution in [0.3, 0.4) is 0 Å². The van der Waals surface area contributed by atoms with Crippen molar-refractivity contribution in [2.75, 3.05) is 5.32 Å². The van der Waals surface area contributed by atoms with E-state index < -0.39 is 5.41 Å². The minimum absolute atomic E-state index is 0.0392. The summed E-state index contributed by atoms with van der Waals surface area (Å²) in [5.41, 5.74) is 5.85. The fourth-order valence-electron chi connectivity index (χ4n) is 5.45. The van der Waals surface area contributed by atoms with Crippen molar-refractivity contribution in [1.29, 1.82) is 0 Å². The number of ether oxygens (including phenoxy) is 1. The zero-order valence-electron chi connectivity index (χ0n) is 18.9. The summed E-state index contributed by atoms with van der Waals surface area (Å²) in [6.07, 6.45) is 3.75. The van der Waals surface area contributed by atoms with Crippen LogP contribution < -0.4 is 10.1 Å². The molecule has 0 fully saturated rings. The molecule has 5 aromatic rings. The van der Waals surface area contributed by atoms with Crippen LogP contribution in [0.4, 0.5) is 5.82 Å². The van der Waals surface area contributed by atoms with E-state index in [9.17, 15) is 4.79 Å². The summed E-state index contributed by atoms with van der Waals surface area (Å²) in [5.74, 6) is 3.25. The number of nitrogens with zero attached hydrogens (tertiary/aromatic N) is 2. The predicted molar refractivity (Wildman–Crippen MR) is 134 cm³/mol. The van der Waals surface area contributed by atoms with Crippen LogP contribution in [0.5, 0.6) is 11.5 Å². The first-order valence-electron chi connectivity index (χ1n) is 11.8. The lowest BCUT2D eigenvalue weighted by atomic mass is 9.79. The highest BCUT2D eigenvalue weighted by Gasteiger charge is 2.51. The Morgan fingerprint density at radius 2 is 1.71 bits per heavy atom. The zero-order valence-corrected chi connectivity index (χ0v) is 18.9. The number of aromatic nitrogens is 3. The lowest BCUT2D eigenvalue weighted by Gasteiger charge is -2.20. The Kier molecular flexibility index (Phi) is 4.30. The van der Waals surface area contributed by atoms with E-state index >= 15 is 0 Å². The quantitative estimate of drug-likeness (QED) is 0.382. The highest BCUT2D eigenvalue weighted by molar-refractivity contribution is 6.06. The molecule has 1 aliphatic heterocycles. The maximum atomic E-state index is 13.0. The molecule has 1 aliphatic carbocycles. The van der Waals surface area contributed by atoms with E-state index in [1.807, 2.05) is 60.7 Å². The lowest BCUT2D eigenvalue weighted by molar-refractivity contribution is -0.120. The van der Waals surface area contributed by atoms with Gasteiger partial charge in [-0.3, -0.25) is 4.79 Å². The van der Waals surface area contributed by atoms with Gasteiger partial charge < -0.3 is 15.0 Å². The van der Waals surface area contributed by atoms with Gasteiger partial charge in [-0.15, -0.1) is 0 Å². The number of anilines is 1. The molecule has 0 radical (unpaired) electrons. The van der Waals surface area contributed by atoms with E-state index in [-0.39, 0.29) is 5.91 Å². The molecule has 7 rings (SSSR count). The summed E-state index contributed by atoms with van der Waals surface area (Å²) >= 11 is 0. The van der Waals surface area contributed by atoms with Gasteiger partial charge in [0.15, 0.2) is 0 Å². The molecule has 1 unspecified atom stereocenters. The summed E-state index contributed by atoms with van der Waals surface area (Å²) in [7, 11) is 0. The second kappa shape index (κ2) is 7.53. The number of rotatable bonds is 4. The maximum absolute atomic E-state index is 13.0. The molecule has 1 amide bonds. The summed E-state index contributed by atoms with van der Waals surface area (Å²) in [6, 6.07) is 26.1. The number of hydrogen-bond donors (Lipinski definition) is 2.